The van der Waals surface area contributed by atoms with Crippen LogP contribution in [0.5, 0.6) is 0 Å². The minimum Gasteiger partial charge on any atom is -0.382 e. The van der Waals surface area contributed by atoms with E-state index in [9.17, 15) is 18.0 Å². The number of anilines is 2. The van der Waals surface area contributed by atoms with Gasteiger partial charge in [0.2, 0.25) is 15.9 Å². The number of piperidine rings is 1. The molecule has 0 bridgehead atoms. The number of amides is 2. The van der Waals surface area contributed by atoms with Crippen molar-refractivity contribution in [1.82, 2.24) is 30.2 Å². The molecule has 2 aliphatic rings. The van der Waals surface area contributed by atoms with Gasteiger partial charge in [0.25, 0.3) is 0 Å². The number of aromatic nitrogens is 2. The van der Waals surface area contributed by atoms with Gasteiger partial charge >= 0.3 is 5.91 Å². The molecule has 2 amide bonds. The van der Waals surface area contributed by atoms with E-state index in [1.807, 2.05) is 37.3 Å². The summed E-state index contributed by atoms with van der Waals surface area (Å²) in [6.45, 7) is 3.09. The molecule has 3 heterocycles. The molecule has 0 unspecified atom stereocenters. The fourth-order valence-corrected chi connectivity index (χ4v) is 6.41. The molecule has 3 aromatic rings. The number of halogens is 1. The Morgan fingerprint density at radius 3 is 2.42 bits per heavy atom. The highest BCUT2D eigenvalue weighted by atomic mass is 35.5. The Kier molecular flexibility index (Phi) is 8.53. The van der Waals surface area contributed by atoms with Crippen LogP contribution in [0.2, 0.25) is 5.15 Å². The van der Waals surface area contributed by atoms with E-state index in [1.165, 1.54) is 12.1 Å². The molecule has 2 aliphatic heterocycles. The van der Waals surface area contributed by atoms with E-state index in [0.29, 0.717) is 32.5 Å². The number of hydrogen-bond donors (Lipinski definition) is 5. The summed E-state index contributed by atoms with van der Waals surface area (Å²) in [6.07, 6.45) is 1.28. The third-order valence-corrected chi connectivity index (χ3v) is 9.31. The lowest BCUT2D eigenvalue weighted by atomic mass is 9.88. The third kappa shape index (κ3) is 6.87. The van der Waals surface area contributed by atoms with Crippen LogP contribution in [-0.4, -0.2) is 72.3 Å². The molecule has 5 rings (SSSR count). The standard InChI is InChI=1S/C28H32ClN9O4S/c1-17-7-9-19(10-8-17)43(41,42)37-20(15-18-5-3-2-4-6-18)26(40)38-13-11-28(12-14-38)16-32-27(36-28)35-25(39)21-23(30)34-24(31)22(29)33-21/h2-10,20,37H,11-16H2,1H3,(H4,30,31,34)(H2,32,35,36,39)/t20-/m0/s1. The highest BCUT2D eigenvalue weighted by molar-refractivity contribution is 7.89. The number of nitrogens with zero attached hydrogens (tertiary/aromatic N) is 4. The molecule has 1 spiro atoms. The molecule has 0 aliphatic carbocycles. The number of nitrogen functional groups attached to an aromatic ring is 2. The highest BCUT2D eigenvalue weighted by Gasteiger charge is 2.42. The number of likely N-dealkylation sites (tertiary alicyclic amines) is 1. The normalized spacial score (nSPS) is 17.8. The van der Waals surface area contributed by atoms with Crippen LogP contribution in [0.4, 0.5) is 11.6 Å². The van der Waals surface area contributed by atoms with Crippen molar-refractivity contribution in [2.24, 2.45) is 4.99 Å². The van der Waals surface area contributed by atoms with Gasteiger partial charge in [0, 0.05) is 19.6 Å². The number of sulfonamides is 1. The zero-order chi connectivity index (χ0) is 30.8. The summed E-state index contributed by atoms with van der Waals surface area (Å²) < 4.78 is 29.1. The summed E-state index contributed by atoms with van der Waals surface area (Å²) in [5.74, 6) is -1.07. The zero-order valence-electron chi connectivity index (χ0n) is 23.4. The molecule has 2 saturated heterocycles. The fraction of sp³-hybridized carbons (Fsp3) is 0.321. The highest BCUT2D eigenvalue weighted by Crippen LogP contribution is 2.26. The molecule has 43 heavy (non-hydrogen) atoms. The van der Waals surface area contributed by atoms with Crippen LogP contribution in [0.3, 0.4) is 0 Å². The zero-order valence-corrected chi connectivity index (χ0v) is 25.0. The predicted octanol–water partition coefficient (Wildman–Crippen LogP) is 1.24. The number of rotatable bonds is 7. The first kappa shape index (κ1) is 30.2. The van der Waals surface area contributed by atoms with Gasteiger partial charge in [0.05, 0.1) is 10.4 Å². The van der Waals surface area contributed by atoms with Gasteiger partial charge in [-0.2, -0.15) is 9.71 Å². The predicted molar refractivity (Wildman–Crippen MR) is 163 cm³/mol. The van der Waals surface area contributed by atoms with Gasteiger partial charge in [-0.25, -0.2) is 18.4 Å². The summed E-state index contributed by atoms with van der Waals surface area (Å²) in [6, 6.07) is 14.8. The van der Waals surface area contributed by atoms with E-state index in [1.54, 1.807) is 17.0 Å². The van der Waals surface area contributed by atoms with Gasteiger partial charge in [-0.3, -0.25) is 9.59 Å². The van der Waals surface area contributed by atoms with Crippen molar-refractivity contribution >= 4 is 51.0 Å². The molecule has 1 aromatic heterocycles. The molecule has 2 fully saturated rings. The lowest BCUT2D eigenvalue weighted by Crippen LogP contribution is -2.57. The average Bonchev–Trinajstić information content (AvgIpc) is 3.36. The first-order chi connectivity index (χ1) is 20.4. The quantitative estimate of drug-likeness (QED) is 0.255. The van der Waals surface area contributed by atoms with Crippen LogP contribution in [0.25, 0.3) is 0 Å². The Morgan fingerprint density at radius 1 is 1.07 bits per heavy atom. The minimum atomic E-state index is -3.95. The minimum absolute atomic E-state index is 0.0882. The third-order valence-electron chi connectivity index (χ3n) is 7.54. The molecule has 1 atom stereocenters. The van der Waals surface area contributed by atoms with Crippen LogP contribution in [0.1, 0.15) is 34.5 Å². The van der Waals surface area contributed by atoms with Gasteiger partial charge < -0.3 is 27.0 Å². The largest absolute Gasteiger partial charge is 0.382 e. The number of aryl methyl sites for hydroxylation is 1. The Balaban J connectivity index is 1.27. The number of aliphatic imine (C=N–C) groups is 1. The molecule has 0 radical (unpaired) electrons. The van der Waals surface area contributed by atoms with E-state index < -0.39 is 27.5 Å². The fourth-order valence-electron chi connectivity index (χ4n) is 5.09. The number of nitrogens with two attached hydrogens (primary N) is 2. The van der Waals surface area contributed by atoms with Gasteiger partial charge in [0.1, 0.15) is 6.04 Å². The molecule has 15 heteroatoms. The molecular weight excluding hydrogens is 594 g/mol. The topological polar surface area (TPSA) is 198 Å². The molecule has 226 valence electrons. The monoisotopic (exact) mass is 625 g/mol. The van der Waals surface area contributed by atoms with Gasteiger partial charge in [-0.1, -0.05) is 59.6 Å². The second kappa shape index (κ2) is 12.1. The van der Waals surface area contributed by atoms with E-state index in [0.717, 1.165) is 11.1 Å². The van der Waals surface area contributed by atoms with Crippen LogP contribution in [0, 0.1) is 6.92 Å². The van der Waals surface area contributed by atoms with Crippen molar-refractivity contribution in [3.8, 4) is 0 Å². The van der Waals surface area contributed by atoms with Crippen LogP contribution < -0.4 is 26.8 Å². The second-order valence-corrected chi connectivity index (χ2v) is 12.7. The number of carbonyl (C=O) groups is 2. The Morgan fingerprint density at radius 2 is 1.74 bits per heavy atom. The van der Waals surface area contributed by atoms with Crippen LogP contribution in [-0.2, 0) is 21.2 Å². The Bertz CT molecular complexity index is 1660. The molecule has 2 aromatic carbocycles. The van der Waals surface area contributed by atoms with Crippen molar-refractivity contribution in [2.75, 3.05) is 31.1 Å². The summed E-state index contributed by atoms with van der Waals surface area (Å²) in [7, 11) is -3.95. The second-order valence-electron chi connectivity index (χ2n) is 10.7. The maximum atomic E-state index is 13.8. The number of hydrogen-bond acceptors (Lipinski definition) is 8. The van der Waals surface area contributed by atoms with Crippen LogP contribution >= 0.6 is 11.6 Å². The molecule has 7 N–H and O–H groups in total. The lowest BCUT2D eigenvalue weighted by molar-refractivity contribution is -0.134. The SMILES string of the molecule is Cc1ccc(S(=O)(=O)N[C@@H](Cc2ccccc2)C(=O)N2CCC3(CC2)CN/C(=N\C(=O)c2nc(Cl)c(N)nc2N)N3)cc1. The number of carbonyl (C=O) groups excluding carboxylic acids is 2. The summed E-state index contributed by atoms with van der Waals surface area (Å²) in [5, 5.41) is 6.21. The van der Waals surface area contributed by atoms with Crippen LogP contribution in [0.15, 0.2) is 64.5 Å². The molecule has 13 nitrogen and oxygen atoms in total. The van der Waals surface area contributed by atoms with Crippen molar-refractivity contribution in [3.05, 3.63) is 76.6 Å². The smallest absolute Gasteiger partial charge is 0.302 e. The summed E-state index contributed by atoms with van der Waals surface area (Å²) in [4.78, 5) is 40.0. The lowest BCUT2D eigenvalue weighted by Gasteiger charge is -2.39. The van der Waals surface area contributed by atoms with E-state index >= 15 is 0 Å². The van der Waals surface area contributed by atoms with E-state index in [2.05, 4.69) is 30.3 Å². The first-order valence-corrected chi connectivity index (χ1v) is 15.5. The van der Waals surface area contributed by atoms with Crippen molar-refractivity contribution in [2.45, 2.75) is 42.7 Å². The first-order valence-electron chi connectivity index (χ1n) is 13.6. The van der Waals surface area contributed by atoms with Gasteiger partial charge in [0.15, 0.2) is 28.4 Å². The number of nitrogens with one attached hydrogen (secondary N) is 3. The number of benzene rings is 2. The van der Waals surface area contributed by atoms with Gasteiger partial charge in [-0.05, 0) is 43.9 Å². The van der Waals surface area contributed by atoms with E-state index in [4.69, 9.17) is 23.1 Å². The Labute approximate surface area is 254 Å². The average molecular weight is 626 g/mol. The maximum Gasteiger partial charge on any atom is 0.302 e. The summed E-state index contributed by atoms with van der Waals surface area (Å²) >= 11 is 5.89. The molecule has 0 saturated carbocycles. The van der Waals surface area contributed by atoms with Crippen molar-refractivity contribution < 1.29 is 18.0 Å². The number of guanidine groups is 1. The van der Waals surface area contributed by atoms with Gasteiger partial charge in [-0.15, -0.1) is 0 Å². The summed E-state index contributed by atoms with van der Waals surface area (Å²) in [5.41, 5.74) is 12.4. The van der Waals surface area contributed by atoms with E-state index in [-0.39, 0.29) is 45.7 Å². The molecular formula is C28H32ClN9O4S. The Hall–Kier alpha value is -4.27. The maximum absolute atomic E-state index is 13.8. The van der Waals surface area contributed by atoms with Crippen molar-refractivity contribution in [1.29, 1.82) is 0 Å². The van der Waals surface area contributed by atoms with Crippen molar-refractivity contribution in [3.63, 3.8) is 0 Å².